The fourth-order valence-corrected chi connectivity index (χ4v) is 0.713. The van der Waals surface area contributed by atoms with Crippen molar-refractivity contribution < 1.29 is 14.6 Å². The second kappa shape index (κ2) is 3.21. The number of carboxylic acid groups (broad SMARTS) is 1. The van der Waals surface area contributed by atoms with Gasteiger partial charge < -0.3 is 9.84 Å². The Kier molecular flexibility index (Phi) is 2.28. The lowest BCUT2D eigenvalue weighted by Crippen LogP contribution is -2.02. The van der Waals surface area contributed by atoms with Crippen LogP contribution in [-0.4, -0.2) is 16.2 Å². The maximum atomic E-state index is 9.99. The van der Waals surface area contributed by atoms with Gasteiger partial charge in [-0.3, -0.25) is 0 Å². The molecule has 58 valence electrons. The molecule has 0 aliphatic rings. The van der Waals surface area contributed by atoms with Crippen molar-refractivity contribution in [2.24, 2.45) is 0 Å². The Morgan fingerprint density at radius 3 is 3.00 bits per heavy atom. The normalized spacial score (nSPS) is 9.18. The molecule has 0 fully saturated rings. The molecule has 1 aromatic heterocycles. The number of hydrogen-bond acceptors (Lipinski definition) is 3. The average Bonchev–Trinajstić information content (AvgIpc) is 1.85. The Labute approximate surface area is 67.4 Å². The molecule has 1 N–H and O–H groups in total. The third-order valence-electron chi connectivity index (χ3n) is 0.903. The second-order valence-corrected chi connectivity index (χ2v) is 2.07. The van der Waals surface area contributed by atoms with E-state index in [9.17, 15) is 4.79 Å². The molecule has 0 bridgehead atoms. The van der Waals surface area contributed by atoms with Crippen LogP contribution in [0.3, 0.4) is 0 Å². The molecule has 0 amide bonds. The lowest BCUT2D eigenvalue weighted by atomic mass is 10.5. The van der Waals surface area contributed by atoms with Gasteiger partial charge in [-0.2, -0.15) is 0 Å². The molecule has 11 heavy (non-hydrogen) atoms. The summed E-state index contributed by atoms with van der Waals surface area (Å²) in [6.45, 7) is 0. The first-order valence-corrected chi connectivity index (χ1v) is 3.08. The van der Waals surface area contributed by atoms with Crippen molar-refractivity contribution in [3.63, 3.8) is 0 Å². The molecular weight excluding hydrogens is 170 g/mol. The van der Waals surface area contributed by atoms with Gasteiger partial charge in [0.05, 0.1) is 0 Å². The molecule has 0 unspecified atom stereocenters. The number of carbonyl (C=O) groups is 1. The van der Waals surface area contributed by atoms with Crippen LogP contribution in [0.25, 0.3) is 0 Å². The molecule has 0 aromatic carbocycles. The third kappa shape index (κ3) is 2.43. The first kappa shape index (κ1) is 7.81. The lowest BCUT2D eigenvalue weighted by Gasteiger charge is -1.97. The van der Waals surface area contributed by atoms with Crippen LogP contribution in [0.5, 0.6) is 5.75 Å². The summed E-state index contributed by atoms with van der Waals surface area (Å²) in [4.78, 5) is 13.6. The van der Waals surface area contributed by atoms with E-state index in [1.54, 1.807) is 0 Å². The first-order valence-electron chi connectivity index (χ1n) is 2.71. The summed E-state index contributed by atoms with van der Waals surface area (Å²) in [5.41, 5.74) is 0. The molecule has 5 heteroatoms. The van der Waals surface area contributed by atoms with Gasteiger partial charge in [0.25, 0.3) is 0 Å². The maximum absolute atomic E-state index is 9.99. The van der Waals surface area contributed by atoms with Crippen LogP contribution < -0.4 is 4.74 Å². The summed E-state index contributed by atoms with van der Waals surface area (Å²) < 4.78 is 4.29. The molecule has 0 radical (unpaired) electrons. The molecule has 4 nitrogen and oxygen atoms in total. The van der Waals surface area contributed by atoms with Gasteiger partial charge in [-0.15, -0.1) is 0 Å². The van der Waals surface area contributed by atoms with Crippen molar-refractivity contribution >= 4 is 17.8 Å². The number of halogens is 1. The van der Waals surface area contributed by atoms with E-state index in [4.69, 9.17) is 16.7 Å². The van der Waals surface area contributed by atoms with Crippen molar-refractivity contribution in [3.8, 4) is 5.75 Å². The van der Waals surface area contributed by atoms with Gasteiger partial charge in [-0.25, -0.2) is 9.78 Å². The summed E-state index contributed by atoms with van der Waals surface area (Å²) in [6.07, 6.45) is -0.00656. The van der Waals surface area contributed by atoms with E-state index >= 15 is 0 Å². The van der Waals surface area contributed by atoms with E-state index in [0.29, 0.717) is 0 Å². The SMILES string of the molecule is O=C(O)Oc1ccnc(Cl)c1. The van der Waals surface area contributed by atoms with E-state index in [2.05, 4.69) is 9.72 Å². The fraction of sp³-hybridized carbons (Fsp3) is 0. The van der Waals surface area contributed by atoms with E-state index < -0.39 is 6.16 Å². The maximum Gasteiger partial charge on any atom is 0.511 e. The molecule has 1 heterocycles. The molecule has 0 saturated heterocycles. The predicted molar refractivity (Wildman–Crippen MR) is 37.9 cm³/mol. The minimum absolute atomic E-state index is 0.164. The zero-order chi connectivity index (χ0) is 8.27. The Hall–Kier alpha value is -1.29. The number of ether oxygens (including phenoxy) is 1. The minimum Gasteiger partial charge on any atom is -0.449 e. The molecule has 1 aromatic rings. The van der Waals surface area contributed by atoms with Gasteiger partial charge in [0.2, 0.25) is 0 Å². The quantitative estimate of drug-likeness (QED) is 0.520. The van der Waals surface area contributed by atoms with Crippen LogP contribution in [0, 0.1) is 0 Å². The Balaban J connectivity index is 2.79. The van der Waals surface area contributed by atoms with Gasteiger partial charge in [0, 0.05) is 12.3 Å². The van der Waals surface area contributed by atoms with Crippen LogP contribution in [0.15, 0.2) is 18.3 Å². The smallest absolute Gasteiger partial charge is 0.449 e. The van der Waals surface area contributed by atoms with E-state index in [1.807, 2.05) is 0 Å². The van der Waals surface area contributed by atoms with Gasteiger partial charge in [0.1, 0.15) is 10.9 Å². The minimum atomic E-state index is -1.37. The summed E-state index contributed by atoms with van der Waals surface area (Å²) >= 11 is 5.44. The Morgan fingerprint density at radius 1 is 1.73 bits per heavy atom. The van der Waals surface area contributed by atoms with Crippen molar-refractivity contribution in [1.82, 2.24) is 4.98 Å². The van der Waals surface area contributed by atoms with E-state index in [-0.39, 0.29) is 10.9 Å². The molecule has 0 atom stereocenters. The highest BCUT2D eigenvalue weighted by atomic mass is 35.5. The zero-order valence-electron chi connectivity index (χ0n) is 5.32. The zero-order valence-corrected chi connectivity index (χ0v) is 6.08. The lowest BCUT2D eigenvalue weighted by molar-refractivity contribution is 0.144. The van der Waals surface area contributed by atoms with Crippen LogP contribution >= 0.6 is 11.6 Å². The first-order chi connectivity index (χ1) is 5.18. The number of rotatable bonds is 1. The standard InChI is InChI=1S/C6H4ClNO3/c7-5-3-4(1-2-8-5)11-6(9)10/h1-3H,(H,9,10). The summed E-state index contributed by atoms with van der Waals surface area (Å²) in [5.74, 6) is 0.164. The van der Waals surface area contributed by atoms with Crippen LogP contribution in [0.4, 0.5) is 4.79 Å². The molecule has 0 aliphatic heterocycles. The van der Waals surface area contributed by atoms with Gasteiger partial charge in [-0.1, -0.05) is 11.6 Å². The number of pyridine rings is 1. The average molecular weight is 174 g/mol. The number of nitrogens with zero attached hydrogens (tertiary/aromatic N) is 1. The molecule has 0 spiro atoms. The summed E-state index contributed by atoms with van der Waals surface area (Å²) in [5, 5.41) is 8.37. The third-order valence-corrected chi connectivity index (χ3v) is 1.11. The topological polar surface area (TPSA) is 59.4 Å². The fourth-order valence-electron chi connectivity index (χ4n) is 0.549. The van der Waals surface area contributed by atoms with Crippen LogP contribution in [0.2, 0.25) is 5.15 Å². The van der Waals surface area contributed by atoms with Gasteiger partial charge in [0.15, 0.2) is 0 Å². The van der Waals surface area contributed by atoms with Crippen molar-refractivity contribution in [2.45, 2.75) is 0 Å². The highest BCUT2D eigenvalue weighted by Crippen LogP contribution is 2.13. The molecule has 0 saturated carbocycles. The predicted octanol–water partition coefficient (Wildman–Crippen LogP) is 1.79. The monoisotopic (exact) mass is 173 g/mol. The number of hydrogen-bond donors (Lipinski definition) is 1. The largest absolute Gasteiger partial charge is 0.511 e. The van der Waals surface area contributed by atoms with Crippen LogP contribution in [0.1, 0.15) is 0 Å². The van der Waals surface area contributed by atoms with Crippen molar-refractivity contribution in [1.29, 1.82) is 0 Å². The Morgan fingerprint density at radius 2 is 2.45 bits per heavy atom. The highest BCUT2D eigenvalue weighted by molar-refractivity contribution is 6.29. The molecule has 0 aliphatic carbocycles. The van der Waals surface area contributed by atoms with Gasteiger partial charge >= 0.3 is 6.16 Å². The van der Waals surface area contributed by atoms with E-state index in [0.717, 1.165) is 0 Å². The second-order valence-electron chi connectivity index (χ2n) is 1.68. The van der Waals surface area contributed by atoms with Crippen molar-refractivity contribution in [2.75, 3.05) is 0 Å². The highest BCUT2D eigenvalue weighted by Gasteiger charge is 2.00. The molecular formula is C6H4ClNO3. The summed E-state index contributed by atoms with van der Waals surface area (Å²) in [6, 6.07) is 2.72. The van der Waals surface area contributed by atoms with Gasteiger partial charge in [-0.05, 0) is 6.07 Å². The number of aromatic nitrogens is 1. The van der Waals surface area contributed by atoms with Crippen molar-refractivity contribution in [3.05, 3.63) is 23.5 Å². The van der Waals surface area contributed by atoms with Crippen LogP contribution in [-0.2, 0) is 0 Å². The Bertz CT molecular complexity index is 276. The summed E-state index contributed by atoms with van der Waals surface area (Å²) in [7, 11) is 0. The van der Waals surface area contributed by atoms with E-state index in [1.165, 1.54) is 18.3 Å². The molecule has 1 rings (SSSR count).